The number of hydrazone groups is 1. The Morgan fingerprint density at radius 2 is 1.87 bits per heavy atom. The topological polar surface area (TPSA) is 78.1 Å². The number of nitrogens with one attached hydrogen (secondary N) is 1. The lowest BCUT2D eigenvalue weighted by molar-refractivity contribution is 0.211. The maximum atomic E-state index is 6.36. The second kappa shape index (κ2) is 11.8. The van der Waals surface area contributed by atoms with E-state index in [2.05, 4.69) is 22.7 Å². The van der Waals surface area contributed by atoms with Crippen LogP contribution in [0.3, 0.4) is 0 Å². The van der Waals surface area contributed by atoms with Crippen LogP contribution in [0.1, 0.15) is 49.1 Å². The number of rotatable bonds is 9. The van der Waals surface area contributed by atoms with E-state index in [9.17, 15) is 0 Å². The maximum absolute atomic E-state index is 6.36. The number of thiocarbonyl (C=S) groups is 1. The van der Waals surface area contributed by atoms with Gasteiger partial charge in [0.25, 0.3) is 0 Å². The molecule has 2 aromatic carbocycles. The van der Waals surface area contributed by atoms with E-state index in [0.717, 1.165) is 5.75 Å². The highest BCUT2D eigenvalue weighted by Gasteiger charge is 2.15. The van der Waals surface area contributed by atoms with Gasteiger partial charge in [0, 0.05) is 0 Å². The van der Waals surface area contributed by atoms with Crippen molar-refractivity contribution in [3.63, 3.8) is 0 Å². The predicted octanol–water partition coefficient (Wildman–Crippen LogP) is 5.02. The van der Waals surface area contributed by atoms with E-state index in [4.69, 9.17) is 43.8 Å². The lowest BCUT2D eigenvalue weighted by atomic mass is 9.84. The van der Waals surface area contributed by atoms with Crippen LogP contribution in [0.5, 0.6) is 17.2 Å². The molecule has 0 saturated heterocycles. The fourth-order valence-electron chi connectivity index (χ4n) is 3.70. The molecule has 1 fully saturated rings. The van der Waals surface area contributed by atoms with E-state index in [1.54, 1.807) is 19.2 Å². The van der Waals surface area contributed by atoms with Crippen LogP contribution in [-0.4, -0.2) is 31.7 Å². The van der Waals surface area contributed by atoms with Crippen LogP contribution in [0.15, 0.2) is 41.5 Å². The number of halogens is 1. The molecule has 3 rings (SSSR count). The number of methoxy groups -OCH3 is 1. The molecule has 0 bridgehead atoms. The van der Waals surface area contributed by atoms with Gasteiger partial charge in [-0.3, -0.25) is 5.43 Å². The average molecular weight is 462 g/mol. The molecule has 0 atom stereocenters. The minimum Gasteiger partial charge on any atom is -0.493 e. The van der Waals surface area contributed by atoms with Crippen LogP contribution in [0, 0.1) is 0 Å². The second-order valence-corrected chi connectivity index (χ2v) is 8.22. The quantitative estimate of drug-likeness (QED) is 0.236. The zero-order valence-corrected chi connectivity index (χ0v) is 19.2. The molecule has 0 radical (unpaired) electrons. The predicted molar refractivity (Wildman–Crippen MR) is 129 cm³/mol. The lowest BCUT2D eigenvalue weighted by Gasteiger charge is -2.22. The molecule has 0 aliphatic heterocycles. The van der Waals surface area contributed by atoms with Crippen molar-refractivity contribution in [2.45, 2.75) is 38.0 Å². The van der Waals surface area contributed by atoms with Gasteiger partial charge in [-0.2, -0.15) is 5.10 Å². The first kappa shape index (κ1) is 23.2. The zero-order chi connectivity index (χ0) is 22.1. The van der Waals surface area contributed by atoms with Crippen molar-refractivity contribution in [1.82, 2.24) is 5.43 Å². The van der Waals surface area contributed by atoms with E-state index in [0.29, 0.717) is 41.2 Å². The summed E-state index contributed by atoms with van der Waals surface area (Å²) in [5.41, 5.74) is 9.96. The molecular weight excluding hydrogens is 434 g/mol. The summed E-state index contributed by atoms with van der Waals surface area (Å²) in [5, 5.41) is 4.41. The highest BCUT2D eigenvalue weighted by Crippen LogP contribution is 2.36. The highest BCUT2D eigenvalue weighted by molar-refractivity contribution is 7.80. The standard InChI is InChI=1S/C23H28ClN3O3S/c1-28-21-14-16(15-26-27-23(25)31)13-20(24)22(21)30-12-11-29-19-9-7-18(8-10-19)17-5-3-2-4-6-17/h7-10,13-15,17H,2-6,11-12H2,1H3,(H3,25,27,31)/b26-15+. The van der Waals surface area contributed by atoms with E-state index in [1.807, 2.05) is 12.1 Å². The monoisotopic (exact) mass is 461 g/mol. The van der Waals surface area contributed by atoms with E-state index < -0.39 is 0 Å². The van der Waals surface area contributed by atoms with Gasteiger partial charge in [-0.05, 0) is 66.4 Å². The van der Waals surface area contributed by atoms with Crippen LogP contribution < -0.4 is 25.4 Å². The smallest absolute Gasteiger partial charge is 0.184 e. The zero-order valence-electron chi connectivity index (χ0n) is 17.6. The van der Waals surface area contributed by atoms with Crippen molar-refractivity contribution >= 4 is 35.1 Å². The van der Waals surface area contributed by atoms with Crippen LogP contribution >= 0.6 is 23.8 Å². The third-order valence-corrected chi connectivity index (χ3v) is 5.57. The summed E-state index contributed by atoms with van der Waals surface area (Å²) in [4.78, 5) is 0. The summed E-state index contributed by atoms with van der Waals surface area (Å²) in [5.74, 6) is 2.48. The van der Waals surface area contributed by atoms with Crippen molar-refractivity contribution in [2.24, 2.45) is 10.8 Å². The Morgan fingerprint density at radius 1 is 1.16 bits per heavy atom. The molecule has 166 valence electrons. The fraction of sp³-hybridized carbons (Fsp3) is 0.391. The van der Waals surface area contributed by atoms with Crippen LogP contribution in [0.25, 0.3) is 0 Å². The van der Waals surface area contributed by atoms with E-state index >= 15 is 0 Å². The molecule has 6 nitrogen and oxygen atoms in total. The molecule has 0 aromatic heterocycles. The second-order valence-electron chi connectivity index (χ2n) is 7.37. The number of hydrogen-bond acceptors (Lipinski definition) is 5. The van der Waals surface area contributed by atoms with Crippen LogP contribution in [0.2, 0.25) is 5.02 Å². The summed E-state index contributed by atoms with van der Waals surface area (Å²) in [7, 11) is 1.55. The molecule has 1 aliphatic rings. The van der Waals surface area contributed by atoms with E-state index in [1.165, 1.54) is 43.9 Å². The number of benzene rings is 2. The van der Waals surface area contributed by atoms with Crippen LogP contribution in [0.4, 0.5) is 0 Å². The van der Waals surface area contributed by atoms with Crippen molar-refractivity contribution in [3.05, 3.63) is 52.5 Å². The van der Waals surface area contributed by atoms with Crippen LogP contribution in [-0.2, 0) is 0 Å². The lowest BCUT2D eigenvalue weighted by Crippen LogP contribution is -2.23. The summed E-state index contributed by atoms with van der Waals surface area (Å²) >= 11 is 11.1. The third kappa shape index (κ3) is 7.01. The van der Waals surface area contributed by atoms with Gasteiger partial charge in [-0.25, -0.2) is 0 Å². The Kier molecular flexibility index (Phi) is 8.79. The number of ether oxygens (including phenoxy) is 3. The van der Waals surface area contributed by atoms with E-state index in [-0.39, 0.29) is 5.11 Å². The van der Waals surface area contributed by atoms with Gasteiger partial charge in [0.1, 0.15) is 19.0 Å². The molecular formula is C23H28ClN3O3S. The Morgan fingerprint density at radius 3 is 2.55 bits per heavy atom. The Balaban J connectivity index is 1.51. The highest BCUT2D eigenvalue weighted by atomic mass is 35.5. The molecule has 31 heavy (non-hydrogen) atoms. The van der Waals surface area contributed by atoms with Gasteiger partial charge in [-0.15, -0.1) is 0 Å². The molecule has 1 aliphatic carbocycles. The van der Waals surface area contributed by atoms with Gasteiger partial charge in [0.05, 0.1) is 18.3 Å². The normalized spacial score (nSPS) is 14.4. The Labute approximate surface area is 193 Å². The molecule has 1 saturated carbocycles. The molecule has 0 spiro atoms. The first-order chi connectivity index (χ1) is 15.1. The maximum Gasteiger partial charge on any atom is 0.184 e. The molecule has 0 unspecified atom stereocenters. The molecule has 3 N–H and O–H groups in total. The largest absolute Gasteiger partial charge is 0.493 e. The summed E-state index contributed by atoms with van der Waals surface area (Å²) < 4.78 is 17.0. The van der Waals surface area contributed by atoms with Gasteiger partial charge < -0.3 is 19.9 Å². The molecule has 0 heterocycles. The molecule has 8 heteroatoms. The first-order valence-electron chi connectivity index (χ1n) is 10.4. The van der Waals surface area contributed by atoms with Crippen molar-refractivity contribution in [2.75, 3.05) is 20.3 Å². The Hall–Kier alpha value is -2.51. The van der Waals surface area contributed by atoms with Crippen molar-refractivity contribution < 1.29 is 14.2 Å². The summed E-state index contributed by atoms with van der Waals surface area (Å²) in [6.07, 6.45) is 8.15. The summed E-state index contributed by atoms with van der Waals surface area (Å²) in [6.45, 7) is 0.722. The van der Waals surface area contributed by atoms with Gasteiger partial charge in [0.2, 0.25) is 0 Å². The van der Waals surface area contributed by atoms with Crippen molar-refractivity contribution in [1.29, 1.82) is 0 Å². The minimum absolute atomic E-state index is 0.0814. The Bertz CT molecular complexity index is 900. The number of hydrogen-bond donors (Lipinski definition) is 2. The fourth-order valence-corrected chi connectivity index (χ4v) is 4.03. The summed E-state index contributed by atoms with van der Waals surface area (Å²) in [6, 6.07) is 11.9. The average Bonchev–Trinajstić information content (AvgIpc) is 2.78. The van der Waals surface area contributed by atoms with Gasteiger partial charge >= 0.3 is 0 Å². The van der Waals surface area contributed by atoms with Gasteiger partial charge in [0.15, 0.2) is 16.6 Å². The van der Waals surface area contributed by atoms with Crippen molar-refractivity contribution in [3.8, 4) is 17.2 Å². The van der Waals surface area contributed by atoms with Gasteiger partial charge in [-0.1, -0.05) is 43.0 Å². The third-order valence-electron chi connectivity index (χ3n) is 5.20. The minimum atomic E-state index is 0.0814. The molecule has 0 amide bonds. The number of nitrogens with zero attached hydrogens (tertiary/aromatic N) is 1. The molecule has 2 aromatic rings. The number of nitrogens with two attached hydrogens (primary N) is 1. The first-order valence-corrected chi connectivity index (χ1v) is 11.2. The SMILES string of the molecule is COc1cc(/C=N/NC(N)=S)cc(Cl)c1OCCOc1ccc(C2CCCCC2)cc1.